The number of sulfonamides is 1. The summed E-state index contributed by atoms with van der Waals surface area (Å²) in [7, 11) is -6.90. The van der Waals surface area contributed by atoms with Crippen molar-refractivity contribution in [2.75, 3.05) is 50.8 Å². The van der Waals surface area contributed by atoms with Gasteiger partial charge >= 0.3 is 0 Å². The maximum Gasteiger partial charge on any atom is 0.250 e. The first-order valence-corrected chi connectivity index (χ1v) is 17.2. The molecule has 1 aromatic heterocycles. The lowest BCUT2D eigenvalue weighted by atomic mass is 10.1. The van der Waals surface area contributed by atoms with E-state index in [1.807, 2.05) is 0 Å². The molecule has 3 fully saturated rings. The van der Waals surface area contributed by atoms with Gasteiger partial charge in [0, 0.05) is 48.5 Å². The molecule has 14 heteroatoms. The summed E-state index contributed by atoms with van der Waals surface area (Å²) in [4.78, 5) is 31.8. The number of rotatable bonds is 7. The molecule has 3 aliphatic heterocycles. The SMILES string of the molecule is O=C1[C@@H](NS(=O)(=O)c2cc3cc(Cl)ccc3s2)CCCN1CC(=O)N1CCC[C@H]1CN1CCS(=O)(=O)CC1. The van der Waals surface area contributed by atoms with Gasteiger partial charge in [0.25, 0.3) is 10.0 Å². The van der Waals surface area contributed by atoms with Gasteiger partial charge in [-0.05, 0) is 55.3 Å². The number of halogens is 1. The van der Waals surface area contributed by atoms with E-state index in [1.165, 1.54) is 4.90 Å². The minimum Gasteiger partial charge on any atom is -0.337 e. The van der Waals surface area contributed by atoms with Crippen molar-refractivity contribution >= 4 is 64.7 Å². The number of carbonyl (C=O) groups excluding carboxylic acids is 2. The zero-order valence-electron chi connectivity index (χ0n) is 20.8. The van der Waals surface area contributed by atoms with Crippen molar-refractivity contribution in [1.29, 1.82) is 0 Å². The number of hydrogen-bond donors (Lipinski definition) is 1. The van der Waals surface area contributed by atoms with Crippen LogP contribution in [0.25, 0.3) is 10.1 Å². The molecule has 0 radical (unpaired) electrons. The monoisotopic (exact) mass is 602 g/mol. The average molecular weight is 603 g/mol. The standard InChI is InChI=1S/C24H31ClN4O6S3/c25-18-5-6-21-17(13-18)14-23(36-21)38(34,35)26-20-4-2-7-28(24(20)31)16-22(30)29-8-1-3-19(29)15-27-9-11-37(32,33)12-10-27/h5-6,13-14,19-20,26H,1-4,7-12,15-16H2/t19-,20-/m0/s1. The molecule has 208 valence electrons. The van der Waals surface area contributed by atoms with Crippen LogP contribution < -0.4 is 4.72 Å². The number of nitrogens with one attached hydrogen (secondary N) is 1. The second-order valence-electron chi connectivity index (χ2n) is 10.2. The van der Waals surface area contributed by atoms with Crippen molar-refractivity contribution in [3.63, 3.8) is 0 Å². The van der Waals surface area contributed by atoms with Gasteiger partial charge in [0.15, 0.2) is 9.84 Å². The van der Waals surface area contributed by atoms with Crippen molar-refractivity contribution < 1.29 is 26.4 Å². The third-order valence-corrected chi connectivity index (χ3v) is 12.4. The Hall–Kier alpha value is -1.77. The highest BCUT2D eigenvalue weighted by molar-refractivity contribution is 7.92. The summed E-state index contributed by atoms with van der Waals surface area (Å²) in [5.41, 5.74) is 0. The Kier molecular flexibility index (Phi) is 8.05. The molecule has 2 atom stereocenters. The summed E-state index contributed by atoms with van der Waals surface area (Å²) in [6.45, 7) is 2.47. The number of benzene rings is 1. The van der Waals surface area contributed by atoms with Crippen molar-refractivity contribution in [1.82, 2.24) is 19.4 Å². The normalized spacial score (nSPS) is 24.8. The number of thiophene rings is 1. The third kappa shape index (κ3) is 6.18. The summed E-state index contributed by atoms with van der Waals surface area (Å²) < 4.78 is 53.1. The number of hydrogen-bond acceptors (Lipinski definition) is 8. The van der Waals surface area contributed by atoms with E-state index in [1.54, 1.807) is 29.2 Å². The first-order valence-electron chi connectivity index (χ1n) is 12.7. The van der Waals surface area contributed by atoms with Gasteiger partial charge in [-0.2, -0.15) is 4.72 Å². The summed E-state index contributed by atoms with van der Waals surface area (Å²) in [6, 6.07) is 5.77. The van der Waals surface area contributed by atoms with Gasteiger partial charge < -0.3 is 9.80 Å². The number of sulfone groups is 1. The predicted octanol–water partition coefficient (Wildman–Crippen LogP) is 1.55. The van der Waals surface area contributed by atoms with Gasteiger partial charge in [0.2, 0.25) is 11.8 Å². The van der Waals surface area contributed by atoms with Gasteiger partial charge in [0.05, 0.1) is 18.1 Å². The Labute approximate surface area is 231 Å². The summed E-state index contributed by atoms with van der Waals surface area (Å²) in [5.74, 6) is -0.269. The van der Waals surface area contributed by atoms with E-state index >= 15 is 0 Å². The summed E-state index contributed by atoms with van der Waals surface area (Å²) in [6.07, 6.45) is 2.65. The highest BCUT2D eigenvalue weighted by Gasteiger charge is 2.37. The smallest absolute Gasteiger partial charge is 0.250 e. The van der Waals surface area contributed by atoms with Crippen LogP contribution in [0.5, 0.6) is 0 Å². The van der Waals surface area contributed by atoms with E-state index in [4.69, 9.17) is 11.6 Å². The molecule has 3 saturated heterocycles. The molecule has 2 aromatic rings. The van der Waals surface area contributed by atoms with Gasteiger partial charge in [-0.15, -0.1) is 11.3 Å². The van der Waals surface area contributed by atoms with E-state index in [-0.39, 0.29) is 34.2 Å². The lowest BCUT2D eigenvalue weighted by Gasteiger charge is -2.35. The van der Waals surface area contributed by atoms with Crippen LogP contribution in [-0.4, -0.2) is 106 Å². The van der Waals surface area contributed by atoms with Crippen molar-refractivity contribution in [2.24, 2.45) is 0 Å². The van der Waals surface area contributed by atoms with Crippen LogP contribution >= 0.6 is 22.9 Å². The molecular formula is C24H31ClN4O6S3. The van der Waals surface area contributed by atoms with Crippen LogP contribution in [-0.2, 0) is 29.4 Å². The zero-order chi connectivity index (χ0) is 27.1. The molecule has 38 heavy (non-hydrogen) atoms. The fourth-order valence-electron chi connectivity index (χ4n) is 5.41. The Morgan fingerprint density at radius 2 is 1.82 bits per heavy atom. The Balaban J connectivity index is 1.20. The number of fused-ring (bicyclic) bond motifs is 1. The number of amides is 2. The van der Waals surface area contributed by atoms with E-state index in [0.717, 1.165) is 34.3 Å². The number of carbonyl (C=O) groups is 2. The third-order valence-electron chi connectivity index (χ3n) is 7.48. The molecule has 2 amide bonds. The molecule has 0 unspecified atom stereocenters. The molecule has 1 N–H and O–H groups in total. The van der Waals surface area contributed by atoms with Gasteiger partial charge in [0.1, 0.15) is 10.3 Å². The van der Waals surface area contributed by atoms with Crippen molar-refractivity contribution in [2.45, 2.75) is 42.0 Å². The molecule has 0 spiro atoms. The van der Waals surface area contributed by atoms with Gasteiger partial charge in [-0.3, -0.25) is 14.5 Å². The average Bonchev–Trinajstić information content (AvgIpc) is 3.50. The number of likely N-dealkylation sites (tertiary alicyclic amines) is 2. The van der Waals surface area contributed by atoms with Gasteiger partial charge in [-0.1, -0.05) is 11.6 Å². The predicted molar refractivity (Wildman–Crippen MR) is 147 cm³/mol. The van der Waals surface area contributed by atoms with Crippen LogP contribution in [0.1, 0.15) is 25.7 Å². The second-order valence-corrected chi connectivity index (χ2v) is 15.9. The van der Waals surface area contributed by atoms with Gasteiger partial charge in [-0.25, -0.2) is 16.8 Å². The maximum absolute atomic E-state index is 13.2. The Morgan fingerprint density at radius 3 is 2.58 bits per heavy atom. The quantitative estimate of drug-likeness (QED) is 0.510. The fraction of sp³-hybridized carbons (Fsp3) is 0.583. The maximum atomic E-state index is 13.2. The molecule has 10 nitrogen and oxygen atoms in total. The Bertz CT molecular complexity index is 1430. The topological polar surface area (TPSA) is 124 Å². The van der Waals surface area contributed by atoms with E-state index in [9.17, 15) is 26.4 Å². The lowest BCUT2D eigenvalue weighted by molar-refractivity contribution is -0.143. The summed E-state index contributed by atoms with van der Waals surface area (Å²) >= 11 is 7.14. The molecule has 0 aliphatic carbocycles. The molecule has 1 aromatic carbocycles. The molecule has 0 saturated carbocycles. The number of nitrogens with zero attached hydrogens (tertiary/aromatic N) is 3. The van der Waals surface area contributed by atoms with E-state index in [0.29, 0.717) is 50.6 Å². The molecule has 4 heterocycles. The first-order chi connectivity index (χ1) is 18.0. The fourth-order valence-corrected chi connectivity index (χ4v) is 9.49. The Morgan fingerprint density at radius 1 is 1.08 bits per heavy atom. The molecular weight excluding hydrogens is 572 g/mol. The van der Waals surface area contributed by atoms with Crippen LogP contribution in [0, 0.1) is 0 Å². The summed E-state index contributed by atoms with van der Waals surface area (Å²) in [5, 5.41) is 1.23. The first kappa shape index (κ1) is 27.8. The zero-order valence-corrected chi connectivity index (χ0v) is 24.0. The molecule has 0 bridgehead atoms. The minimum absolute atomic E-state index is 0.0149. The van der Waals surface area contributed by atoms with E-state index < -0.39 is 31.8 Å². The minimum atomic E-state index is -3.93. The highest BCUT2D eigenvalue weighted by Crippen LogP contribution is 2.31. The van der Waals surface area contributed by atoms with Crippen LogP contribution in [0.15, 0.2) is 28.5 Å². The highest BCUT2D eigenvalue weighted by atomic mass is 35.5. The largest absolute Gasteiger partial charge is 0.337 e. The van der Waals surface area contributed by atoms with Crippen molar-refractivity contribution in [3.05, 3.63) is 29.3 Å². The molecule has 3 aliphatic rings. The van der Waals surface area contributed by atoms with Crippen LogP contribution in [0.3, 0.4) is 0 Å². The number of piperidine rings is 1. The lowest BCUT2D eigenvalue weighted by Crippen LogP contribution is -2.55. The van der Waals surface area contributed by atoms with Crippen LogP contribution in [0.4, 0.5) is 0 Å². The molecule has 5 rings (SSSR count). The van der Waals surface area contributed by atoms with Crippen LogP contribution in [0.2, 0.25) is 5.02 Å². The van der Waals surface area contributed by atoms with E-state index in [2.05, 4.69) is 9.62 Å². The second kappa shape index (κ2) is 11.0. The van der Waals surface area contributed by atoms with Crippen molar-refractivity contribution in [3.8, 4) is 0 Å².